The summed E-state index contributed by atoms with van der Waals surface area (Å²) in [6.07, 6.45) is 0.517. The Morgan fingerprint density at radius 2 is 2.04 bits per heavy atom. The van der Waals surface area contributed by atoms with Gasteiger partial charge in [-0.25, -0.2) is 9.78 Å². The molecule has 0 radical (unpaired) electrons. The van der Waals surface area contributed by atoms with Gasteiger partial charge in [-0.1, -0.05) is 6.07 Å². The summed E-state index contributed by atoms with van der Waals surface area (Å²) < 4.78 is 15.5. The van der Waals surface area contributed by atoms with Gasteiger partial charge in [0.2, 0.25) is 6.79 Å². The van der Waals surface area contributed by atoms with Gasteiger partial charge in [0.1, 0.15) is 5.69 Å². The minimum Gasteiger partial charge on any atom is -0.454 e. The van der Waals surface area contributed by atoms with Crippen molar-refractivity contribution in [2.75, 3.05) is 12.1 Å². The number of anilines is 1. The van der Waals surface area contributed by atoms with Crippen molar-refractivity contribution in [2.45, 2.75) is 13.0 Å². The minimum absolute atomic E-state index is 0.148. The van der Waals surface area contributed by atoms with Crippen molar-refractivity contribution in [2.24, 2.45) is 0 Å². The van der Waals surface area contributed by atoms with Gasteiger partial charge in [0.25, 0.3) is 5.91 Å². The molecule has 1 aromatic carbocycles. The van der Waals surface area contributed by atoms with Crippen molar-refractivity contribution in [1.29, 1.82) is 0 Å². The van der Waals surface area contributed by atoms with Crippen LogP contribution in [-0.4, -0.2) is 29.8 Å². The summed E-state index contributed by atoms with van der Waals surface area (Å²) in [6.45, 7) is 1.65. The molecule has 1 amide bonds. The zero-order valence-electron chi connectivity index (χ0n) is 12.3. The van der Waals surface area contributed by atoms with Gasteiger partial charge in [-0.2, -0.15) is 0 Å². The Kier molecular flexibility index (Phi) is 4.09. The number of amides is 1. The lowest BCUT2D eigenvalue weighted by molar-refractivity contribution is -0.123. The monoisotopic (exact) mass is 314 g/mol. The Bertz CT molecular complexity index is 733. The first-order valence-corrected chi connectivity index (χ1v) is 6.96. The van der Waals surface area contributed by atoms with Crippen LogP contribution in [0, 0.1) is 0 Å². The number of carbonyl (C=O) groups is 2. The lowest BCUT2D eigenvalue weighted by Crippen LogP contribution is -2.30. The molecule has 0 bridgehead atoms. The molecular weight excluding hydrogens is 300 g/mol. The first kappa shape index (κ1) is 14.8. The van der Waals surface area contributed by atoms with E-state index in [2.05, 4.69) is 10.3 Å². The van der Waals surface area contributed by atoms with Crippen LogP contribution < -0.4 is 14.8 Å². The quantitative estimate of drug-likeness (QED) is 0.869. The van der Waals surface area contributed by atoms with Gasteiger partial charge >= 0.3 is 5.97 Å². The Morgan fingerprint density at radius 3 is 2.83 bits per heavy atom. The highest BCUT2D eigenvalue weighted by molar-refractivity contribution is 5.97. The Morgan fingerprint density at radius 1 is 1.22 bits per heavy atom. The van der Waals surface area contributed by atoms with E-state index in [4.69, 9.17) is 14.2 Å². The maximum absolute atomic E-state index is 12.1. The van der Waals surface area contributed by atoms with Crippen LogP contribution in [0.5, 0.6) is 11.5 Å². The molecule has 0 saturated heterocycles. The fourth-order valence-electron chi connectivity index (χ4n) is 1.98. The molecule has 0 fully saturated rings. The van der Waals surface area contributed by atoms with Gasteiger partial charge in [-0.05, 0) is 31.2 Å². The van der Waals surface area contributed by atoms with Gasteiger partial charge in [0.15, 0.2) is 17.6 Å². The molecule has 23 heavy (non-hydrogen) atoms. The summed E-state index contributed by atoms with van der Waals surface area (Å²) >= 11 is 0. The average Bonchev–Trinajstić information content (AvgIpc) is 3.03. The zero-order chi connectivity index (χ0) is 16.2. The molecule has 1 N–H and O–H groups in total. The molecule has 3 rings (SSSR count). The standard InChI is InChI=1S/C16H14N2O5/c1-10(23-16(20)12-4-2-3-7-17-12)15(19)18-11-5-6-13-14(8-11)22-9-21-13/h2-8,10H,9H2,1H3,(H,18,19)/t10-/m0/s1. The summed E-state index contributed by atoms with van der Waals surface area (Å²) in [5, 5.41) is 2.66. The first-order chi connectivity index (χ1) is 11.1. The number of hydrogen-bond acceptors (Lipinski definition) is 6. The van der Waals surface area contributed by atoms with Gasteiger partial charge in [-0.3, -0.25) is 4.79 Å². The van der Waals surface area contributed by atoms with Crippen LogP contribution >= 0.6 is 0 Å². The highest BCUT2D eigenvalue weighted by atomic mass is 16.7. The van der Waals surface area contributed by atoms with E-state index in [-0.39, 0.29) is 12.5 Å². The topological polar surface area (TPSA) is 86.8 Å². The number of hydrogen-bond donors (Lipinski definition) is 1. The van der Waals surface area contributed by atoms with E-state index in [9.17, 15) is 9.59 Å². The third-order valence-electron chi connectivity index (χ3n) is 3.17. The number of rotatable bonds is 4. The van der Waals surface area contributed by atoms with Crippen LogP contribution in [0.1, 0.15) is 17.4 Å². The van der Waals surface area contributed by atoms with Crippen molar-refractivity contribution in [3.8, 4) is 11.5 Å². The molecule has 0 saturated carbocycles. The number of nitrogens with zero attached hydrogens (tertiary/aromatic N) is 1. The smallest absolute Gasteiger partial charge is 0.357 e. The van der Waals surface area contributed by atoms with Crippen molar-refractivity contribution in [3.05, 3.63) is 48.3 Å². The Balaban J connectivity index is 1.60. The Labute approximate surface area is 132 Å². The van der Waals surface area contributed by atoms with Crippen molar-refractivity contribution in [3.63, 3.8) is 0 Å². The van der Waals surface area contributed by atoms with Gasteiger partial charge in [-0.15, -0.1) is 0 Å². The van der Waals surface area contributed by atoms with E-state index >= 15 is 0 Å². The second-order valence-corrected chi connectivity index (χ2v) is 4.82. The molecule has 0 aliphatic carbocycles. The summed E-state index contributed by atoms with van der Waals surface area (Å²) in [4.78, 5) is 27.8. The van der Waals surface area contributed by atoms with Crippen LogP contribution in [0.3, 0.4) is 0 Å². The van der Waals surface area contributed by atoms with Crippen LogP contribution in [0.25, 0.3) is 0 Å². The number of nitrogens with one attached hydrogen (secondary N) is 1. The molecule has 0 unspecified atom stereocenters. The fourth-order valence-corrected chi connectivity index (χ4v) is 1.98. The molecule has 1 aliphatic rings. The predicted molar refractivity (Wildman–Crippen MR) is 80.3 cm³/mol. The van der Waals surface area contributed by atoms with Crippen molar-refractivity contribution in [1.82, 2.24) is 4.98 Å². The summed E-state index contributed by atoms with van der Waals surface area (Å²) in [5.74, 6) is 0.0747. The molecule has 7 heteroatoms. The van der Waals surface area contributed by atoms with E-state index < -0.39 is 18.0 Å². The molecule has 1 aromatic heterocycles. The van der Waals surface area contributed by atoms with Crippen LogP contribution in [0.15, 0.2) is 42.6 Å². The fraction of sp³-hybridized carbons (Fsp3) is 0.188. The van der Waals surface area contributed by atoms with Crippen molar-refractivity contribution >= 4 is 17.6 Å². The second kappa shape index (κ2) is 6.35. The third-order valence-corrected chi connectivity index (χ3v) is 3.17. The van der Waals surface area contributed by atoms with E-state index in [0.29, 0.717) is 17.2 Å². The highest BCUT2D eigenvalue weighted by Crippen LogP contribution is 2.34. The van der Waals surface area contributed by atoms with Crippen molar-refractivity contribution < 1.29 is 23.8 Å². The Hall–Kier alpha value is -3.09. The largest absolute Gasteiger partial charge is 0.454 e. The maximum atomic E-state index is 12.1. The molecule has 1 atom stereocenters. The summed E-state index contributed by atoms with van der Waals surface area (Å²) in [7, 11) is 0. The molecule has 1 aliphatic heterocycles. The molecule has 2 heterocycles. The normalized spacial score (nSPS) is 13.3. The number of aromatic nitrogens is 1. The molecule has 2 aromatic rings. The molecule has 0 spiro atoms. The molecule has 7 nitrogen and oxygen atoms in total. The van der Waals surface area contributed by atoms with E-state index in [1.54, 1.807) is 30.3 Å². The molecule has 118 valence electrons. The average molecular weight is 314 g/mol. The predicted octanol–water partition coefficient (Wildman–Crippen LogP) is 1.99. The molecular formula is C16H14N2O5. The van der Waals surface area contributed by atoms with E-state index in [1.807, 2.05) is 0 Å². The SMILES string of the molecule is C[C@H](OC(=O)c1ccccn1)C(=O)Nc1ccc2c(c1)OCO2. The van der Waals surface area contributed by atoms with Gasteiger partial charge < -0.3 is 19.5 Å². The zero-order valence-corrected chi connectivity index (χ0v) is 12.3. The second-order valence-electron chi connectivity index (χ2n) is 4.82. The lowest BCUT2D eigenvalue weighted by Gasteiger charge is -2.13. The summed E-state index contributed by atoms with van der Waals surface area (Å²) in [5.41, 5.74) is 0.676. The third kappa shape index (κ3) is 3.39. The number of benzene rings is 1. The highest BCUT2D eigenvalue weighted by Gasteiger charge is 2.21. The maximum Gasteiger partial charge on any atom is 0.357 e. The number of fused-ring (bicyclic) bond motifs is 1. The number of pyridine rings is 1. The lowest BCUT2D eigenvalue weighted by atomic mass is 10.2. The minimum atomic E-state index is -0.963. The number of esters is 1. The summed E-state index contributed by atoms with van der Waals surface area (Å²) in [6, 6.07) is 9.90. The van der Waals surface area contributed by atoms with Crippen LogP contribution in [-0.2, 0) is 9.53 Å². The number of carbonyl (C=O) groups excluding carboxylic acids is 2. The van der Waals surface area contributed by atoms with E-state index in [0.717, 1.165) is 0 Å². The van der Waals surface area contributed by atoms with Gasteiger partial charge in [0, 0.05) is 18.0 Å². The van der Waals surface area contributed by atoms with Crippen LogP contribution in [0.4, 0.5) is 5.69 Å². The number of ether oxygens (including phenoxy) is 3. The van der Waals surface area contributed by atoms with Gasteiger partial charge in [0.05, 0.1) is 0 Å². The van der Waals surface area contributed by atoms with E-state index in [1.165, 1.54) is 19.2 Å². The first-order valence-electron chi connectivity index (χ1n) is 6.96. The van der Waals surface area contributed by atoms with Crippen LogP contribution in [0.2, 0.25) is 0 Å².